The summed E-state index contributed by atoms with van der Waals surface area (Å²) in [5.74, 6) is 1.02. The van der Waals surface area contributed by atoms with E-state index in [0.717, 1.165) is 12.8 Å². The highest BCUT2D eigenvalue weighted by Gasteiger charge is 2.24. The Morgan fingerprint density at radius 3 is 2.36 bits per heavy atom. The van der Waals surface area contributed by atoms with Crippen LogP contribution in [0.5, 0.6) is 0 Å². The molecule has 1 aliphatic rings. The largest absolute Gasteiger partial charge is 0.270 e. The summed E-state index contributed by atoms with van der Waals surface area (Å²) in [4.78, 5) is 0. The normalized spacial score (nSPS) is 17.9. The molecule has 2 heterocycles. The van der Waals surface area contributed by atoms with E-state index >= 15 is 0 Å². The minimum atomic E-state index is 0.445. The highest BCUT2D eigenvalue weighted by molar-refractivity contribution is 5.07. The molecule has 22 heavy (non-hydrogen) atoms. The van der Waals surface area contributed by atoms with Crippen molar-refractivity contribution in [2.24, 2.45) is 0 Å². The zero-order valence-corrected chi connectivity index (χ0v) is 14.2. The minimum absolute atomic E-state index is 0.445. The predicted octanol–water partition coefficient (Wildman–Crippen LogP) is 4.68. The Balaban J connectivity index is 1.53. The topological polar surface area (TPSA) is 35.6 Å². The number of hydrogen-bond donors (Lipinski definition) is 0. The molecule has 0 aromatic carbocycles. The third-order valence-corrected chi connectivity index (χ3v) is 4.74. The minimum Gasteiger partial charge on any atom is -0.270 e. The second-order valence-electron chi connectivity index (χ2n) is 7.15. The van der Waals surface area contributed by atoms with Crippen LogP contribution in [-0.4, -0.2) is 19.6 Å². The van der Waals surface area contributed by atoms with Crippen molar-refractivity contribution >= 4 is 0 Å². The molecule has 0 saturated heterocycles. The Morgan fingerprint density at radius 1 is 1.00 bits per heavy atom. The molecule has 2 aromatic rings. The van der Waals surface area contributed by atoms with Gasteiger partial charge in [0.1, 0.15) is 0 Å². The van der Waals surface area contributed by atoms with E-state index < -0.39 is 0 Å². The molecule has 4 nitrogen and oxygen atoms in total. The van der Waals surface area contributed by atoms with Crippen molar-refractivity contribution in [3.63, 3.8) is 0 Å². The lowest BCUT2D eigenvalue weighted by Crippen LogP contribution is -2.08. The number of nitrogens with zero attached hydrogens (tertiary/aromatic N) is 4. The molecule has 1 aliphatic carbocycles. The second-order valence-corrected chi connectivity index (χ2v) is 7.15. The van der Waals surface area contributed by atoms with E-state index in [-0.39, 0.29) is 0 Å². The summed E-state index contributed by atoms with van der Waals surface area (Å²) >= 11 is 0. The Kier molecular flexibility index (Phi) is 4.37. The van der Waals surface area contributed by atoms with Gasteiger partial charge >= 0.3 is 0 Å². The van der Waals surface area contributed by atoms with Crippen LogP contribution in [-0.2, 0) is 0 Å². The van der Waals surface area contributed by atoms with Gasteiger partial charge in [-0.25, -0.2) is 0 Å². The molecule has 2 unspecified atom stereocenters. The van der Waals surface area contributed by atoms with Crippen LogP contribution in [0.25, 0.3) is 0 Å². The first-order valence-electron chi connectivity index (χ1n) is 8.64. The standard InChI is InChI=1S/C18H28N4/c1-13(2)17-9-11-21(19-17)15(4)6-5-14(3)18-10-12-22(20-18)16-7-8-16/h9-16H,5-8H2,1-4H3. The van der Waals surface area contributed by atoms with Gasteiger partial charge in [0.15, 0.2) is 0 Å². The molecule has 0 bridgehead atoms. The first-order valence-corrected chi connectivity index (χ1v) is 8.64. The van der Waals surface area contributed by atoms with Crippen molar-refractivity contribution in [1.82, 2.24) is 19.6 Å². The molecule has 4 heteroatoms. The van der Waals surface area contributed by atoms with Crippen molar-refractivity contribution in [2.75, 3.05) is 0 Å². The van der Waals surface area contributed by atoms with E-state index in [9.17, 15) is 0 Å². The lowest BCUT2D eigenvalue weighted by Gasteiger charge is -2.15. The van der Waals surface area contributed by atoms with Crippen molar-refractivity contribution in [1.29, 1.82) is 0 Å². The van der Waals surface area contributed by atoms with Crippen LogP contribution in [0.3, 0.4) is 0 Å². The third-order valence-electron chi connectivity index (χ3n) is 4.74. The van der Waals surface area contributed by atoms with Gasteiger partial charge in [-0.05, 0) is 50.7 Å². The van der Waals surface area contributed by atoms with Gasteiger partial charge in [-0.3, -0.25) is 9.36 Å². The van der Waals surface area contributed by atoms with Crippen LogP contribution in [0.15, 0.2) is 24.5 Å². The smallest absolute Gasteiger partial charge is 0.0652 e. The summed E-state index contributed by atoms with van der Waals surface area (Å²) in [6.45, 7) is 8.92. The summed E-state index contributed by atoms with van der Waals surface area (Å²) in [5.41, 5.74) is 2.42. The van der Waals surface area contributed by atoms with Crippen molar-refractivity contribution in [2.45, 2.75) is 77.3 Å². The van der Waals surface area contributed by atoms with Gasteiger partial charge < -0.3 is 0 Å². The van der Waals surface area contributed by atoms with Gasteiger partial charge in [0, 0.05) is 24.4 Å². The van der Waals surface area contributed by atoms with Crippen LogP contribution in [0, 0.1) is 0 Å². The third kappa shape index (κ3) is 3.42. The fraction of sp³-hybridized carbons (Fsp3) is 0.667. The average molecular weight is 300 g/mol. The van der Waals surface area contributed by atoms with E-state index in [1.54, 1.807) is 0 Å². The number of hydrogen-bond acceptors (Lipinski definition) is 2. The van der Waals surface area contributed by atoms with Crippen molar-refractivity contribution in [3.05, 3.63) is 35.9 Å². The first kappa shape index (κ1) is 15.3. The van der Waals surface area contributed by atoms with Gasteiger partial charge in [-0.1, -0.05) is 20.8 Å². The van der Waals surface area contributed by atoms with Crippen LogP contribution >= 0.6 is 0 Å². The molecule has 2 atom stereocenters. The highest BCUT2D eigenvalue weighted by Crippen LogP contribution is 2.34. The van der Waals surface area contributed by atoms with Crippen LogP contribution < -0.4 is 0 Å². The van der Waals surface area contributed by atoms with Gasteiger partial charge in [0.2, 0.25) is 0 Å². The zero-order chi connectivity index (χ0) is 15.7. The molecule has 0 radical (unpaired) electrons. The lowest BCUT2D eigenvalue weighted by atomic mass is 9.99. The molecule has 120 valence electrons. The van der Waals surface area contributed by atoms with E-state index in [0.29, 0.717) is 23.9 Å². The maximum atomic E-state index is 4.74. The van der Waals surface area contributed by atoms with Crippen LogP contribution in [0.4, 0.5) is 0 Å². The Hall–Kier alpha value is -1.58. The maximum absolute atomic E-state index is 4.74. The van der Waals surface area contributed by atoms with E-state index in [2.05, 4.69) is 61.6 Å². The van der Waals surface area contributed by atoms with Gasteiger partial charge in [0.25, 0.3) is 0 Å². The molecule has 2 aromatic heterocycles. The van der Waals surface area contributed by atoms with Crippen molar-refractivity contribution < 1.29 is 0 Å². The Bertz CT molecular complexity index is 560. The number of rotatable bonds is 7. The van der Waals surface area contributed by atoms with Crippen LogP contribution in [0.1, 0.15) is 88.7 Å². The summed E-state index contributed by atoms with van der Waals surface area (Å²) < 4.78 is 4.27. The van der Waals surface area contributed by atoms with Gasteiger partial charge in [-0.15, -0.1) is 0 Å². The molecular formula is C18H28N4. The number of aromatic nitrogens is 4. The summed E-state index contributed by atoms with van der Waals surface area (Å²) in [6, 6.07) is 5.46. The van der Waals surface area contributed by atoms with Gasteiger partial charge in [-0.2, -0.15) is 10.2 Å². The predicted molar refractivity (Wildman–Crippen MR) is 89.2 cm³/mol. The van der Waals surface area contributed by atoms with E-state index in [1.807, 2.05) is 0 Å². The molecule has 1 saturated carbocycles. The van der Waals surface area contributed by atoms with Crippen molar-refractivity contribution in [3.8, 4) is 0 Å². The fourth-order valence-electron chi connectivity index (χ4n) is 2.84. The second kappa shape index (κ2) is 6.27. The molecule has 0 amide bonds. The average Bonchev–Trinajstić information content (AvgIpc) is 3.05. The summed E-state index contributed by atoms with van der Waals surface area (Å²) in [7, 11) is 0. The highest BCUT2D eigenvalue weighted by atomic mass is 15.3. The summed E-state index contributed by atoms with van der Waals surface area (Å²) in [5, 5.41) is 9.44. The Morgan fingerprint density at radius 2 is 1.73 bits per heavy atom. The van der Waals surface area contributed by atoms with Crippen LogP contribution in [0.2, 0.25) is 0 Å². The summed E-state index contributed by atoms with van der Waals surface area (Å²) in [6.07, 6.45) is 9.15. The quantitative estimate of drug-likeness (QED) is 0.744. The molecule has 0 aliphatic heterocycles. The van der Waals surface area contributed by atoms with E-state index in [1.165, 1.54) is 24.2 Å². The molecule has 0 spiro atoms. The fourth-order valence-corrected chi connectivity index (χ4v) is 2.84. The molecular weight excluding hydrogens is 272 g/mol. The first-order chi connectivity index (χ1) is 10.5. The maximum Gasteiger partial charge on any atom is 0.0652 e. The SMILES string of the molecule is CC(C)c1ccn(C(C)CCC(C)c2ccn(C3CC3)n2)n1. The molecule has 0 N–H and O–H groups in total. The van der Waals surface area contributed by atoms with Gasteiger partial charge in [0.05, 0.1) is 17.4 Å². The molecule has 1 fully saturated rings. The zero-order valence-electron chi connectivity index (χ0n) is 14.2. The molecule has 3 rings (SSSR count). The lowest BCUT2D eigenvalue weighted by molar-refractivity contribution is 0.423. The Labute approximate surface area is 133 Å². The van der Waals surface area contributed by atoms with E-state index in [4.69, 9.17) is 10.2 Å². The monoisotopic (exact) mass is 300 g/mol.